The highest BCUT2D eigenvalue weighted by Gasteiger charge is 2.07. The largest absolute Gasteiger partial charge is 0.320 e. The Morgan fingerprint density at radius 3 is 2.33 bits per heavy atom. The van der Waals surface area contributed by atoms with Crippen molar-refractivity contribution in [3.05, 3.63) is 15.4 Å². The van der Waals surface area contributed by atoms with Gasteiger partial charge in [-0.25, -0.2) is 0 Å². The Balaban J connectivity index is 3.42. The van der Waals surface area contributed by atoms with Crippen LogP contribution < -0.4 is 10.6 Å². The predicted octanol–water partition coefficient (Wildman–Crippen LogP) is 1.52. The topological polar surface area (TPSA) is 43.3 Å². The van der Waals surface area contributed by atoms with Crippen LogP contribution >= 0.6 is 11.3 Å². The Hall–Kier alpha value is -0.770. The maximum Gasteiger partial charge on any atom is 0.208 e. The molecule has 1 aromatic heterocycles. The smallest absolute Gasteiger partial charge is 0.208 e. The molecular formula is C8H15N3S. The van der Waals surface area contributed by atoms with Gasteiger partial charge in [0.2, 0.25) is 4.80 Å². The molecule has 0 unspecified atom stereocenters. The molecule has 1 aromatic rings. The van der Waals surface area contributed by atoms with Crippen LogP contribution in [0.5, 0.6) is 0 Å². The number of aryl methyl sites for hydroxylation is 1. The van der Waals surface area contributed by atoms with E-state index in [1.54, 1.807) is 11.3 Å². The van der Waals surface area contributed by atoms with Crippen LogP contribution in [0.2, 0.25) is 0 Å². The summed E-state index contributed by atoms with van der Waals surface area (Å²) in [7, 11) is 0. The zero-order valence-electron chi connectivity index (χ0n) is 7.96. The van der Waals surface area contributed by atoms with Crippen LogP contribution in [0.25, 0.3) is 0 Å². The van der Waals surface area contributed by atoms with E-state index >= 15 is 0 Å². The van der Waals surface area contributed by atoms with Crippen LogP contribution in [-0.4, -0.2) is 4.57 Å². The van der Waals surface area contributed by atoms with Crippen LogP contribution in [0, 0.1) is 13.8 Å². The molecule has 12 heavy (non-hydrogen) atoms. The average molecular weight is 185 g/mol. The predicted molar refractivity (Wildman–Crippen MR) is 51.9 cm³/mol. The fraction of sp³-hybridized carbons (Fsp3) is 0.625. The summed E-state index contributed by atoms with van der Waals surface area (Å²) in [5, 5.41) is 3.75. The summed E-state index contributed by atoms with van der Waals surface area (Å²) in [6.07, 6.45) is 0. The van der Waals surface area contributed by atoms with Crippen molar-refractivity contribution in [3.63, 3.8) is 0 Å². The van der Waals surface area contributed by atoms with Crippen molar-refractivity contribution < 1.29 is 0 Å². The lowest BCUT2D eigenvalue weighted by atomic mass is 10.3. The van der Waals surface area contributed by atoms with Gasteiger partial charge in [0.15, 0.2) is 0 Å². The molecule has 0 aromatic carbocycles. The summed E-state index contributed by atoms with van der Waals surface area (Å²) in [5.74, 6) is 5.29. The Kier molecular flexibility index (Phi) is 2.57. The van der Waals surface area contributed by atoms with E-state index in [0.717, 1.165) is 4.80 Å². The first-order valence-electron chi connectivity index (χ1n) is 4.00. The first-order valence-corrected chi connectivity index (χ1v) is 4.82. The van der Waals surface area contributed by atoms with E-state index in [1.807, 2.05) is 0 Å². The van der Waals surface area contributed by atoms with Crippen molar-refractivity contribution >= 4 is 11.3 Å². The second-order valence-corrected chi connectivity index (χ2v) is 4.30. The molecule has 0 spiro atoms. The third-order valence-corrected chi connectivity index (χ3v) is 3.03. The van der Waals surface area contributed by atoms with Gasteiger partial charge in [0, 0.05) is 16.6 Å². The Bertz CT molecular complexity index is 333. The minimum absolute atomic E-state index is 0.428. The van der Waals surface area contributed by atoms with Gasteiger partial charge in [-0.1, -0.05) is 0 Å². The van der Waals surface area contributed by atoms with Crippen LogP contribution in [-0.2, 0) is 0 Å². The van der Waals surface area contributed by atoms with Crippen molar-refractivity contribution in [2.24, 2.45) is 10.9 Å². The highest BCUT2D eigenvalue weighted by Crippen LogP contribution is 2.13. The first kappa shape index (κ1) is 9.32. The van der Waals surface area contributed by atoms with Crippen LogP contribution in [0.1, 0.15) is 30.5 Å². The molecule has 1 rings (SSSR count). The second kappa shape index (κ2) is 3.31. The molecule has 4 heteroatoms. The maximum absolute atomic E-state index is 5.29. The minimum atomic E-state index is 0.428. The standard InChI is InChI=1S/C8H15N3S/c1-5(2)11-6(3)7(4)12-8(11)10-9/h5H,9H2,1-4H3. The normalized spacial score (nSPS) is 12.9. The van der Waals surface area contributed by atoms with Crippen LogP contribution in [0.4, 0.5) is 0 Å². The Labute approximate surface area is 76.5 Å². The van der Waals surface area contributed by atoms with Crippen molar-refractivity contribution in [1.82, 2.24) is 4.57 Å². The van der Waals surface area contributed by atoms with Gasteiger partial charge in [0.05, 0.1) is 0 Å². The number of thiazole rings is 1. The zero-order chi connectivity index (χ0) is 9.30. The Morgan fingerprint density at radius 1 is 1.42 bits per heavy atom. The lowest BCUT2D eigenvalue weighted by molar-refractivity contribution is 0.565. The molecule has 3 nitrogen and oxygen atoms in total. The lowest BCUT2D eigenvalue weighted by Gasteiger charge is -2.09. The van der Waals surface area contributed by atoms with Gasteiger partial charge in [-0.3, -0.25) is 0 Å². The Morgan fingerprint density at radius 2 is 2.00 bits per heavy atom. The van der Waals surface area contributed by atoms with Gasteiger partial charge in [-0.15, -0.1) is 11.3 Å². The third-order valence-electron chi connectivity index (χ3n) is 1.95. The molecule has 0 amide bonds. The van der Waals surface area contributed by atoms with Crippen molar-refractivity contribution in [2.75, 3.05) is 0 Å². The van der Waals surface area contributed by atoms with E-state index in [9.17, 15) is 0 Å². The van der Waals surface area contributed by atoms with E-state index < -0.39 is 0 Å². The third kappa shape index (κ3) is 1.39. The summed E-state index contributed by atoms with van der Waals surface area (Å²) >= 11 is 1.64. The zero-order valence-corrected chi connectivity index (χ0v) is 8.77. The van der Waals surface area contributed by atoms with Gasteiger partial charge in [0.25, 0.3) is 0 Å². The number of nitrogens with two attached hydrogens (primary N) is 1. The van der Waals surface area contributed by atoms with Crippen LogP contribution in [0.15, 0.2) is 5.10 Å². The molecule has 0 aliphatic rings. The summed E-state index contributed by atoms with van der Waals surface area (Å²) in [6.45, 7) is 8.45. The number of rotatable bonds is 1. The summed E-state index contributed by atoms with van der Waals surface area (Å²) in [6, 6.07) is 0.428. The van der Waals surface area contributed by atoms with Gasteiger partial charge in [-0.2, -0.15) is 5.10 Å². The highest BCUT2D eigenvalue weighted by atomic mass is 32.1. The van der Waals surface area contributed by atoms with Crippen molar-refractivity contribution in [2.45, 2.75) is 33.7 Å². The minimum Gasteiger partial charge on any atom is -0.320 e. The van der Waals surface area contributed by atoms with Gasteiger partial charge < -0.3 is 10.4 Å². The molecule has 0 fully saturated rings. The fourth-order valence-electron chi connectivity index (χ4n) is 1.27. The molecule has 0 atom stereocenters. The molecule has 0 aliphatic carbocycles. The maximum atomic E-state index is 5.29. The monoisotopic (exact) mass is 185 g/mol. The van der Waals surface area contributed by atoms with Gasteiger partial charge in [0.1, 0.15) is 0 Å². The van der Waals surface area contributed by atoms with E-state index in [2.05, 4.69) is 37.4 Å². The average Bonchev–Trinajstić information content (AvgIpc) is 2.28. The SMILES string of the molecule is Cc1sc(=NN)n(C(C)C)c1C. The summed E-state index contributed by atoms with van der Waals surface area (Å²) < 4.78 is 2.15. The molecule has 1 heterocycles. The lowest BCUT2D eigenvalue weighted by Crippen LogP contribution is -2.19. The number of hydrogen-bond acceptors (Lipinski definition) is 3. The summed E-state index contributed by atoms with van der Waals surface area (Å²) in [4.78, 5) is 2.19. The highest BCUT2D eigenvalue weighted by molar-refractivity contribution is 7.09. The van der Waals surface area contributed by atoms with Crippen LogP contribution in [0.3, 0.4) is 0 Å². The molecule has 0 aliphatic heterocycles. The number of nitrogens with zero attached hydrogens (tertiary/aromatic N) is 2. The van der Waals surface area contributed by atoms with Gasteiger partial charge in [-0.05, 0) is 27.7 Å². The molecule has 0 radical (unpaired) electrons. The molecule has 68 valence electrons. The van der Waals surface area contributed by atoms with Crippen molar-refractivity contribution in [1.29, 1.82) is 0 Å². The number of hydrogen-bond donors (Lipinski definition) is 1. The van der Waals surface area contributed by atoms with E-state index in [-0.39, 0.29) is 0 Å². The number of aromatic nitrogens is 1. The molecular weight excluding hydrogens is 170 g/mol. The quantitative estimate of drug-likeness (QED) is 0.523. The van der Waals surface area contributed by atoms with E-state index in [4.69, 9.17) is 5.84 Å². The first-order chi connectivity index (χ1) is 5.57. The van der Waals surface area contributed by atoms with E-state index in [0.29, 0.717) is 6.04 Å². The molecule has 0 saturated heterocycles. The molecule has 2 N–H and O–H groups in total. The van der Waals surface area contributed by atoms with E-state index in [1.165, 1.54) is 10.6 Å². The summed E-state index contributed by atoms with van der Waals surface area (Å²) in [5.41, 5.74) is 1.26. The fourth-order valence-corrected chi connectivity index (χ4v) is 2.29. The molecule has 0 saturated carbocycles. The van der Waals surface area contributed by atoms with Gasteiger partial charge >= 0.3 is 0 Å². The second-order valence-electron chi connectivity index (χ2n) is 3.12. The molecule has 0 bridgehead atoms. The van der Waals surface area contributed by atoms with Crippen molar-refractivity contribution in [3.8, 4) is 0 Å².